The number of thiophene rings is 1. The molecule has 0 fully saturated rings. The van der Waals surface area contributed by atoms with Crippen LogP contribution < -0.4 is 16.4 Å². The quantitative estimate of drug-likeness (QED) is 0.651. The van der Waals surface area contributed by atoms with Crippen molar-refractivity contribution in [1.29, 1.82) is 0 Å². The van der Waals surface area contributed by atoms with Crippen LogP contribution >= 0.6 is 11.3 Å². The molecule has 7 heteroatoms. The van der Waals surface area contributed by atoms with Crippen molar-refractivity contribution in [3.05, 3.63) is 10.9 Å². The number of carbonyl (C=O) groups excluding carboxylic acids is 1. The molecule has 2 aromatic heterocycles. The van der Waals surface area contributed by atoms with Gasteiger partial charge in [-0.1, -0.05) is 6.92 Å². The van der Waals surface area contributed by atoms with Crippen LogP contribution in [-0.2, 0) is 11.2 Å². The van der Waals surface area contributed by atoms with Crippen LogP contribution in [-0.4, -0.2) is 29.5 Å². The molecule has 0 radical (unpaired) electrons. The molecule has 0 aliphatic rings. The Balaban J connectivity index is 2.09. The predicted molar refractivity (Wildman–Crippen MR) is 87.9 cm³/mol. The summed E-state index contributed by atoms with van der Waals surface area (Å²) < 4.78 is 0. The molecule has 4 N–H and O–H groups in total. The second kappa shape index (κ2) is 7.21. The summed E-state index contributed by atoms with van der Waals surface area (Å²) in [5.74, 6) is 1.22. The number of aryl methyl sites for hydroxylation is 1. The maximum Gasteiger partial charge on any atom is 0.225 e. The molecule has 2 heterocycles. The van der Waals surface area contributed by atoms with E-state index >= 15 is 0 Å². The summed E-state index contributed by atoms with van der Waals surface area (Å²) in [6, 6.07) is 2.14. The molecule has 2 aromatic rings. The molecule has 0 bridgehead atoms. The number of nitrogens with two attached hydrogens (primary N) is 1. The number of hydrogen-bond acceptors (Lipinski definition) is 6. The molecule has 6 nitrogen and oxygen atoms in total. The molecule has 21 heavy (non-hydrogen) atoms. The van der Waals surface area contributed by atoms with Crippen LogP contribution in [0.3, 0.4) is 0 Å². The third kappa shape index (κ3) is 4.04. The van der Waals surface area contributed by atoms with Crippen LogP contribution in [0.15, 0.2) is 6.07 Å². The number of fused-ring (bicyclic) bond motifs is 1. The molecule has 2 rings (SSSR count). The van der Waals surface area contributed by atoms with Crippen molar-refractivity contribution in [1.82, 2.24) is 9.97 Å². The number of nitrogens with one attached hydrogen (secondary N) is 2. The van der Waals surface area contributed by atoms with E-state index in [1.165, 1.54) is 4.88 Å². The Morgan fingerprint density at radius 3 is 2.86 bits per heavy atom. The highest BCUT2D eigenvalue weighted by Gasteiger charge is 2.10. The van der Waals surface area contributed by atoms with Crippen LogP contribution in [0.5, 0.6) is 0 Å². The number of hydrogen-bond donors (Lipinski definition) is 3. The molecule has 114 valence electrons. The van der Waals surface area contributed by atoms with Crippen molar-refractivity contribution in [2.75, 3.05) is 24.2 Å². The number of primary amides is 1. The molecular weight excluding hydrogens is 286 g/mol. The Hall–Kier alpha value is -1.89. The van der Waals surface area contributed by atoms with Gasteiger partial charge in [0.15, 0.2) is 0 Å². The number of rotatable bonds is 8. The molecule has 0 aromatic carbocycles. The SMILES string of the molecule is CCc1cc2c(NCCCCC(N)=O)nc(NC)nc2s1. The van der Waals surface area contributed by atoms with Gasteiger partial charge in [0.05, 0.1) is 5.39 Å². The average Bonchev–Trinajstić information content (AvgIpc) is 2.89. The Morgan fingerprint density at radius 1 is 1.38 bits per heavy atom. The van der Waals surface area contributed by atoms with Crippen molar-refractivity contribution in [2.45, 2.75) is 32.6 Å². The van der Waals surface area contributed by atoms with E-state index in [1.807, 2.05) is 7.05 Å². The second-order valence-corrected chi connectivity index (χ2v) is 5.90. The molecule has 0 unspecified atom stereocenters. The predicted octanol–water partition coefficient (Wildman–Crippen LogP) is 2.36. The van der Waals surface area contributed by atoms with E-state index in [0.717, 1.165) is 41.8 Å². The first-order valence-corrected chi connectivity index (χ1v) is 7.96. The van der Waals surface area contributed by atoms with Crippen LogP contribution in [0, 0.1) is 0 Å². The van der Waals surface area contributed by atoms with Gasteiger partial charge in [-0.25, -0.2) is 4.98 Å². The lowest BCUT2D eigenvalue weighted by molar-refractivity contribution is -0.118. The van der Waals surface area contributed by atoms with Gasteiger partial charge in [-0.05, 0) is 25.3 Å². The van der Waals surface area contributed by atoms with Gasteiger partial charge in [0.2, 0.25) is 11.9 Å². The van der Waals surface area contributed by atoms with E-state index in [2.05, 4.69) is 33.6 Å². The summed E-state index contributed by atoms with van der Waals surface area (Å²) in [6.45, 7) is 2.90. The van der Waals surface area contributed by atoms with Gasteiger partial charge >= 0.3 is 0 Å². The summed E-state index contributed by atoms with van der Waals surface area (Å²) in [4.78, 5) is 22.0. The van der Waals surface area contributed by atoms with Gasteiger partial charge in [-0.3, -0.25) is 4.79 Å². The van der Waals surface area contributed by atoms with E-state index in [0.29, 0.717) is 12.4 Å². The first kappa shape index (κ1) is 15.5. The van der Waals surface area contributed by atoms with Gasteiger partial charge in [-0.2, -0.15) is 4.98 Å². The van der Waals surface area contributed by atoms with E-state index in [4.69, 9.17) is 5.73 Å². The van der Waals surface area contributed by atoms with Gasteiger partial charge < -0.3 is 16.4 Å². The topological polar surface area (TPSA) is 92.9 Å². The highest BCUT2D eigenvalue weighted by atomic mass is 32.1. The van der Waals surface area contributed by atoms with Crippen LogP contribution in [0.1, 0.15) is 31.1 Å². The van der Waals surface area contributed by atoms with Crippen molar-refractivity contribution in [2.24, 2.45) is 5.73 Å². The molecule has 0 aliphatic heterocycles. The molecule has 0 saturated carbocycles. The Labute approximate surface area is 128 Å². The fourth-order valence-corrected chi connectivity index (χ4v) is 2.99. The lowest BCUT2D eigenvalue weighted by Gasteiger charge is -2.08. The molecule has 0 aliphatic carbocycles. The van der Waals surface area contributed by atoms with Gasteiger partial charge in [0.1, 0.15) is 10.6 Å². The largest absolute Gasteiger partial charge is 0.370 e. The van der Waals surface area contributed by atoms with E-state index in [9.17, 15) is 4.79 Å². The molecule has 1 amide bonds. The zero-order valence-electron chi connectivity index (χ0n) is 12.4. The minimum Gasteiger partial charge on any atom is -0.370 e. The normalized spacial score (nSPS) is 10.8. The fraction of sp³-hybridized carbons (Fsp3) is 0.500. The average molecular weight is 307 g/mol. The molecule has 0 spiro atoms. The summed E-state index contributed by atoms with van der Waals surface area (Å²) >= 11 is 1.70. The Morgan fingerprint density at radius 2 is 2.19 bits per heavy atom. The third-order valence-electron chi connectivity index (χ3n) is 3.16. The van der Waals surface area contributed by atoms with Crippen molar-refractivity contribution < 1.29 is 4.79 Å². The molecule has 0 atom stereocenters. The second-order valence-electron chi connectivity index (χ2n) is 4.78. The highest BCUT2D eigenvalue weighted by Crippen LogP contribution is 2.30. The first-order chi connectivity index (χ1) is 10.1. The smallest absolute Gasteiger partial charge is 0.225 e. The number of carbonyl (C=O) groups is 1. The number of unbranched alkanes of at least 4 members (excludes halogenated alkanes) is 1. The van der Waals surface area contributed by atoms with Crippen molar-refractivity contribution >= 4 is 39.2 Å². The zero-order valence-corrected chi connectivity index (χ0v) is 13.2. The standard InChI is InChI=1S/C14H21N5OS/c1-3-9-8-10-12(17-7-5-4-6-11(15)20)18-14(16-2)19-13(10)21-9/h8H,3-7H2,1-2H3,(H2,15,20)(H2,16,17,18,19). The van der Waals surface area contributed by atoms with Crippen LogP contribution in [0.4, 0.5) is 11.8 Å². The molecule has 0 saturated heterocycles. The maximum absolute atomic E-state index is 10.7. The number of anilines is 2. The first-order valence-electron chi connectivity index (χ1n) is 7.14. The van der Waals surface area contributed by atoms with Gasteiger partial charge in [0.25, 0.3) is 0 Å². The Kier molecular flexibility index (Phi) is 5.32. The fourth-order valence-electron chi connectivity index (χ4n) is 2.02. The van der Waals surface area contributed by atoms with Crippen LogP contribution in [0.2, 0.25) is 0 Å². The van der Waals surface area contributed by atoms with Crippen molar-refractivity contribution in [3.8, 4) is 0 Å². The lowest BCUT2D eigenvalue weighted by Crippen LogP contribution is -2.11. The summed E-state index contributed by atoms with van der Waals surface area (Å²) in [5.41, 5.74) is 5.13. The van der Waals surface area contributed by atoms with E-state index in [1.54, 1.807) is 11.3 Å². The van der Waals surface area contributed by atoms with E-state index in [-0.39, 0.29) is 5.91 Å². The maximum atomic E-state index is 10.7. The van der Waals surface area contributed by atoms with E-state index < -0.39 is 0 Å². The number of nitrogens with zero attached hydrogens (tertiary/aromatic N) is 2. The minimum atomic E-state index is -0.248. The van der Waals surface area contributed by atoms with Crippen LogP contribution in [0.25, 0.3) is 10.2 Å². The third-order valence-corrected chi connectivity index (χ3v) is 4.33. The lowest BCUT2D eigenvalue weighted by atomic mass is 10.2. The highest BCUT2D eigenvalue weighted by molar-refractivity contribution is 7.18. The van der Waals surface area contributed by atoms with Gasteiger partial charge in [-0.15, -0.1) is 11.3 Å². The summed E-state index contributed by atoms with van der Waals surface area (Å²) in [6.07, 6.45) is 3.10. The van der Waals surface area contributed by atoms with Crippen molar-refractivity contribution in [3.63, 3.8) is 0 Å². The number of amides is 1. The summed E-state index contributed by atoms with van der Waals surface area (Å²) in [5, 5.41) is 7.38. The minimum absolute atomic E-state index is 0.248. The Bertz CT molecular complexity index is 625. The zero-order chi connectivity index (χ0) is 15.2. The summed E-state index contributed by atoms with van der Waals surface area (Å²) in [7, 11) is 1.81. The molecular formula is C14H21N5OS. The van der Waals surface area contributed by atoms with Gasteiger partial charge in [0, 0.05) is 24.9 Å². The number of aromatic nitrogens is 2. The monoisotopic (exact) mass is 307 g/mol.